The molecule has 2 atom stereocenters. The lowest BCUT2D eigenvalue weighted by Gasteiger charge is -2.15. The normalized spacial score (nSPS) is 14.9. The van der Waals surface area contributed by atoms with Crippen molar-refractivity contribution >= 4 is 11.8 Å². The van der Waals surface area contributed by atoms with E-state index in [4.69, 9.17) is 5.26 Å². The van der Waals surface area contributed by atoms with Crippen LogP contribution in [-0.2, 0) is 6.18 Å². The Morgan fingerprint density at radius 2 is 2.00 bits per heavy atom. The van der Waals surface area contributed by atoms with E-state index >= 15 is 0 Å². The Balaban J connectivity index is 3.12. The molecule has 1 aromatic heterocycles. The highest BCUT2D eigenvalue weighted by atomic mass is 32.2. The Labute approximate surface area is 107 Å². The lowest BCUT2D eigenvalue weighted by atomic mass is 10.2. The number of rotatable bonds is 3. The summed E-state index contributed by atoms with van der Waals surface area (Å²) in [4.78, 5) is 3.44. The fraction of sp³-hybridized carbons (Fsp3) is 0.455. The van der Waals surface area contributed by atoms with Gasteiger partial charge in [0, 0.05) is 5.25 Å². The molecule has 0 fully saturated rings. The lowest BCUT2D eigenvalue weighted by Crippen LogP contribution is -2.16. The summed E-state index contributed by atoms with van der Waals surface area (Å²) < 4.78 is 37.5. The van der Waals surface area contributed by atoms with Gasteiger partial charge in [-0.25, -0.2) is 4.98 Å². The molecule has 1 rings (SSSR count). The molecule has 7 heteroatoms. The molecule has 0 aliphatic carbocycles. The van der Waals surface area contributed by atoms with Crippen LogP contribution >= 0.6 is 11.8 Å². The number of hydrogen-bond acceptors (Lipinski definition) is 4. The maximum absolute atomic E-state index is 12.5. The molecule has 0 aromatic carbocycles. The molecule has 18 heavy (non-hydrogen) atoms. The van der Waals surface area contributed by atoms with Gasteiger partial charge < -0.3 is 5.11 Å². The number of nitrogens with zero attached hydrogens (tertiary/aromatic N) is 2. The van der Waals surface area contributed by atoms with Crippen molar-refractivity contribution in [2.24, 2.45) is 0 Å². The number of aliphatic hydroxyl groups excluding tert-OH is 1. The summed E-state index contributed by atoms with van der Waals surface area (Å²) >= 11 is 0.950. The van der Waals surface area contributed by atoms with Gasteiger partial charge in [0.15, 0.2) is 0 Å². The molecule has 0 radical (unpaired) electrons. The molecule has 0 amide bonds. The minimum Gasteiger partial charge on any atom is -0.392 e. The van der Waals surface area contributed by atoms with E-state index in [-0.39, 0.29) is 15.8 Å². The average molecular weight is 276 g/mol. The Morgan fingerprint density at radius 1 is 1.39 bits per heavy atom. The third-order valence-electron chi connectivity index (χ3n) is 2.25. The Morgan fingerprint density at radius 3 is 2.44 bits per heavy atom. The zero-order chi connectivity index (χ0) is 13.9. The minimum atomic E-state index is -4.54. The molecule has 0 aliphatic rings. The molecule has 0 spiro atoms. The predicted octanol–water partition coefficient (Wildman–Crippen LogP) is 2.83. The van der Waals surface area contributed by atoms with Crippen LogP contribution in [0.1, 0.15) is 25.1 Å². The molecule has 2 unspecified atom stereocenters. The molecule has 0 aliphatic heterocycles. The summed E-state index contributed by atoms with van der Waals surface area (Å²) in [6.45, 7) is 3.18. The highest BCUT2D eigenvalue weighted by Gasteiger charge is 2.33. The molecule has 1 aromatic rings. The summed E-state index contributed by atoms with van der Waals surface area (Å²) in [5, 5.41) is 17.8. The zero-order valence-electron chi connectivity index (χ0n) is 9.69. The van der Waals surface area contributed by atoms with Gasteiger partial charge >= 0.3 is 6.18 Å². The van der Waals surface area contributed by atoms with Crippen LogP contribution in [0.5, 0.6) is 0 Å². The first-order valence-corrected chi connectivity index (χ1v) is 5.96. The number of halogens is 3. The topological polar surface area (TPSA) is 56.9 Å². The molecule has 0 bridgehead atoms. The number of aromatic nitrogens is 1. The smallest absolute Gasteiger partial charge is 0.392 e. The summed E-state index contributed by atoms with van der Waals surface area (Å²) in [5.41, 5.74) is -0.970. The van der Waals surface area contributed by atoms with E-state index in [1.807, 2.05) is 0 Å². The van der Waals surface area contributed by atoms with Crippen LogP contribution in [0.25, 0.3) is 0 Å². The van der Waals surface area contributed by atoms with E-state index in [0.29, 0.717) is 0 Å². The molecular formula is C11H11F3N2OS. The second-order valence-corrected chi connectivity index (χ2v) is 5.09. The summed E-state index contributed by atoms with van der Waals surface area (Å²) in [6, 6.07) is 3.65. The Kier molecular flexibility index (Phi) is 4.59. The van der Waals surface area contributed by atoms with Gasteiger partial charge in [0.05, 0.1) is 11.7 Å². The first-order valence-electron chi connectivity index (χ1n) is 5.08. The summed E-state index contributed by atoms with van der Waals surface area (Å²) in [6.07, 6.45) is -5.25. The largest absolute Gasteiger partial charge is 0.433 e. The predicted molar refractivity (Wildman–Crippen MR) is 61.0 cm³/mol. The minimum absolute atomic E-state index is 0.0132. The third-order valence-corrected chi connectivity index (χ3v) is 3.55. The van der Waals surface area contributed by atoms with Crippen LogP contribution in [0, 0.1) is 11.3 Å². The summed E-state index contributed by atoms with van der Waals surface area (Å²) in [5.74, 6) is 0. The van der Waals surface area contributed by atoms with E-state index < -0.39 is 18.0 Å². The van der Waals surface area contributed by atoms with Gasteiger partial charge in [-0.3, -0.25) is 0 Å². The van der Waals surface area contributed by atoms with Crippen molar-refractivity contribution in [3.8, 4) is 6.07 Å². The average Bonchev–Trinajstić information content (AvgIpc) is 2.27. The van der Waals surface area contributed by atoms with Crippen LogP contribution in [0.3, 0.4) is 0 Å². The van der Waals surface area contributed by atoms with Gasteiger partial charge in [-0.15, -0.1) is 0 Å². The highest BCUT2D eigenvalue weighted by Crippen LogP contribution is 2.32. The van der Waals surface area contributed by atoms with Crippen LogP contribution in [0.4, 0.5) is 13.2 Å². The maximum Gasteiger partial charge on any atom is 0.433 e. The molecule has 3 nitrogen and oxygen atoms in total. The molecule has 98 valence electrons. The van der Waals surface area contributed by atoms with Gasteiger partial charge in [-0.2, -0.15) is 18.4 Å². The highest BCUT2D eigenvalue weighted by molar-refractivity contribution is 7.99. The quantitative estimate of drug-likeness (QED) is 0.862. The zero-order valence-corrected chi connectivity index (χ0v) is 10.5. The van der Waals surface area contributed by atoms with E-state index in [1.54, 1.807) is 13.0 Å². The number of thioether (sulfide) groups is 1. The van der Waals surface area contributed by atoms with Gasteiger partial charge in [0.25, 0.3) is 0 Å². The van der Waals surface area contributed by atoms with Crippen LogP contribution in [-0.4, -0.2) is 21.4 Å². The van der Waals surface area contributed by atoms with Crippen LogP contribution in [0.15, 0.2) is 17.2 Å². The Hall–Kier alpha value is -1.26. The number of pyridine rings is 1. The monoisotopic (exact) mass is 276 g/mol. The number of aliphatic hydroxyl groups is 1. The SMILES string of the molecule is CC(O)C(C)Sc1nc(C(F)(F)F)ccc1C#N. The van der Waals surface area contributed by atoms with E-state index in [2.05, 4.69) is 4.98 Å². The third kappa shape index (κ3) is 3.62. The van der Waals surface area contributed by atoms with E-state index in [9.17, 15) is 18.3 Å². The molecular weight excluding hydrogens is 265 g/mol. The molecule has 0 saturated carbocycles. The standard InChI is InChI=1S/C11H11F3N2OS/c1-6(17)7(2)18-10-8(5-15)3-4-9(16-10)11(12,13)14/h3-4,6-7,17H,1-2H3. The van der Waals surface area contributed by atoms with Crippen molar-refractivity contribution in [3.05, 3.63) is 23.4 Å². The van der Waals surface area contributed by atoms with E-state index in [0.717, 1.165) is 23.9 Å². The summed E-state index contributed by atoms with van der Waals surface area (Å²) in [7, 11) is 0. The fourth-order valence-corrected chi connectivity index (χ4v) is 1.99. The lowest BCUT2D eigenvalue weighted by molar-refractivity contribution is -0.141. The van der Waals surface area contributed by atoms with Crippen molar-refractivity contribution in [1.82, 2.24) is 4.98 Å². The Bertz CT molecular complexity index is 468. The van der Waals surface area contributed by atoms with Gasteiger partial charge in [0.1, 0.15) is 16.8 Å². The van der Waals surface area contributed by atoms with Gasteiger partial charge in [-0.1, -0.05) is 18.7 Å². The maximum atomic E-state index is 12.5. The van der Waals surface area contributed by atoms with Crippen molar-refractivity contribution < 1.29 is 18.3 Å². The molecule has 1 N–H and O–H groups in total. The van der Waals surface area contributed by atoms with Crippen molar-refractivity contribution in [3.63, 3.8) is 0 Å². The fourth-order valence-electron chi connectivity index (χ4n) is 1.05. The van der Waals surface area contributed by atoms with Gasteiger partial charge in [0.2, 0.25) is 0 Å². The van der Waals surface area contributed by atoms with Crippen molar-refractivity contribution in [1.29, 1.82) is 5.26 Å². The number of nitriles is 1. The first kappa shape index (κ1) is 14.8. The molecule has 1 heterocycles. The second-order valence-electron chi connectivity index (χ2n) is 3.72. The first-order chi connectivity index (χ1) is 8.25. The number of hydrogen-bond donors (Lipinski definition) is 1. The van der Waals surface area contributed by atoms with E-state index in [1.165, 1.54) is 6.92 Å². The van der Waals surface area contributed by atoms with Crippen LogP contribution in [0.2, 0.25) is 0 Å². The van der Waals surface area contributed by atoms with Crippen molar-refractivity contribution in [2.45, 2.75) is 36.4 Å². The second kappa shape index (κ2) is 5.59. The van der Waals surface area contributed by atoms with Crippen LogP contribution < -0.4 is 0 Å². The van der Waals surface area contributed by atoms with Gasteiger partial charge in [-0.05, 0) is 19.1 Å². The van der Waals surface area contributed by atoms with Crippen molar-refractivity contribution in [2.75, 3.05) is 0 Å². The number of alkyl halides is 3. The molecule has 0 saturated heterocycles.